The predicted molar refractivity (Wildman–Crippen MR) is 39.2 cm³/mol. The van der Waals surface area contributed by atoms with Crippen molar-refractivity contribution in [3.05, 3.63) is 0 Å². The van der Waals surface area contributed by atoms with E-state index in [0.29, 0.717) is 6.42 Å². The number of Topliss-reactive ketones (excluding diaryl/α,β-unsaturated/α-hetero) is 1. The number of rotatable bonds is 2. The number of halogens is 1. The van der Waals surface area contributed by atoms with E-state index in [9.17, 15) is 9.18 Å². The van der Waals surface area contributed by atoms with E-state index in [4.69, 9.17) is 4.74 Å². The van der Waals surface area contributed by atoms with E-state index in [1.807, 2.05) is 13.8 Å². The lowest BCUT2D eigenvalue weighted by Gasteiger charge is -2.17. The van der Waals surface area contributed by atoms with Gasteiger partial charge in [0.15, 0.2) is 12.5 Å². The molecule has 1 saturated heterocycles. The van der Waals surface area contributed by atoms with Gasteiger partial charge < -0.3 is 4.74 Å². The summed E-state index contributed by atoms with van der Waals surface area (Å²) < 4.78 is 17.2. The zero-order chi connectivity index (χ0) is 8.48. The zero-order valence-corrected chi connectivity index (χ0v) is 6.89. The summed E-state index contributed by atoms with van der Waals surface area (Å²) in [6.07, 6.45) is 1.01. The lowest BCUT2D eigenvalue weighted by Crippen LogP contribution is -2.26. The van der Waals surface area contributed by atoms with E-state index in [1.54, 1.807) is 0 Å². The standard InChI is InChI=1S/C8H13FO2/c1-8(2)4-3-7(11-8)6(10)5-9/h7H,3-5H2,1-2H3. The highest BCUT2D eigenvalue weighted by atomic mass is 19.1. The van der Waals surface area contributed by atoms with Gasteiger partial charge in [-0.15, -0.1) is 0 Å². The molecule has 0 aliphatic carbocycles. The van der Waals surface area contributed by atoms with Gasteiger partial charge in [-0.3, -0.25) is 4.79 Å². The zero-order valence-electron chi connectivity index (χ0n) is 6.89. The molecule has 1 atom stereocenters. The third-order valence-electron chi connectivity index (χ3n) is 1.96. The van der Waals surface area contributed by atoms with Crippen LogP contribution in [0.1, 0.15) is 26.7 Å². The van der Waals surface area contributed by atoms with Crippen LogP contribution in [0.4, 0.5) is 4.39 Å². The number of carbonyl (C=O) groups is 1. The summed E-state index contributed by atoms with van der Waals surface area (Å²) in [5.74, 6) is -0.421. The van der Waals surface area contributed by atoms with Gasteiger partial charge in [0.1, 0.15) is 6.10 Å². The number of ketones is 1. The second-order valence-corrected chi connectivity index (χ2v) is 3.50. The fraction of sp³-hybridized carbons (Fsp3) is 0.875. The third-order valence-corrected chi connectivity index (χ3v) is 1.96. The summed E-state index contributed by atoms with van der Waals surface area (Å²) in [6, 6.07) is 0. The molecule has 0 N–H and O–H groups in total. The van der Waals surface area contributed by atoms with Crippen molar-refractivity contribution in [2.75, 3.05) is 6.67 Å². The normalized spacial score (nSPS) is 28.8. The topological polar surface area (TPSA) is 26.3 Å². The molecule has 0 bridgehead atoms. The van der Waals surface area contributed by atoms with Crippen LogP contribution in [0, 0.1) is 0 Å². The molecule has 1 fully saturated rings. The van der Waals surface area contributed by atoms with E-state index in [2.05, 4.69) is 0 Å². The van der Waals surface area contributed by atoms with Crippen LogP contribution in [0.15, 0.2) is 0 Å². The summed E-state index contributed by atoms with van der Waals surface area (Å²) in [6.45, 7) is 2.93. The highest BCUT2D eigenvalue weighted by molar-refractivity contribution is 5.84. The molecule has 1 unspecified atom stereocenters. The minimum absolute atomic E-state index is 0.241. The molecule has 0 aromatic rings. The Morgan fingerprint density at radius 2 is 2.36 bits per heavy atom. The second-order valence-electron chi connectivity index (χ2n) is 3.50. The van der Waals surface area contributed by atoms with Gasteiger partial charge in [0, 0.05) is 0 Å². The smallest absolute Gasteiger partial charge is 0.192 e. The highest BCUT2D eigenvalue weighted by Crippen LogP contribution is 2.29. The summed E-state index contributed by atoms with van der Waals surface area (Å²) >= 11 is 0. The van der Waals surface area contributed by atoms with E-state index < -0.39 is 18.6 Å². The minimum Gasteiger partial charge on any atom is -0.364 e. The van der Waals surface area contributed by atoms with Crippen molar-refractivity contribution in [3.8, 4) is 0 Å². The van der Waals surface area contributed by atoms with Crippen LogP contribution in [-0.2, 0) is 9.53 Å². The molecule has 0 saturated carbocycles. The summed E-state index contributed by atoms with van der Waals surface area (Å²) in [5, 5.41) is 0. The average molecular weight is 160 g/mol. The summed E-state index contributed by atoms with van der Waals surface area (Å²) in [5.41, 5.74) is -0.241. The molecule has 0 spiro atoms. The summed E-state index contributed by atoms with van der Waals surface area (Å²) in [4.78, 5) is 10.8. The Kier molecular flexibility index (Phi) is 2.28. The number of carbonyl (C=O) groups excluding carboxylic acids is 1. The van der Waals surface area contributed by atoms with Crippen molar-refractivity contribution in [2.45, 2.75) is 38.4 Å². The predicted octanol–water partition coefficient (Wildman–Crippen LogP) is 1.48. The Labute approximate surface area is 65.7 Å². The second kappa shape index (κ2) is 2.89. The van der Waals surface area contributed by atoms with Gasteiger partial charge in [-0.25, -0.2) is 4.39 Å². The molecule has 0 amide bonds. The van der Waals surface area contributed by atoms with E-state index in [-0.39, 0.29) is 5.60 Å². The molecule has 2 nitrogen and oxygen atoms in total. The Morgan fingerprint density at radius 1 is 1.73 bits per heavy atom. The van der Waals surface area contributed by atoms with Crippen molar-refractivity contribution in [1.82, 2.24) is 0 Å². The number of hydrogen-bond acceptors (Lipinski definition) is 2. The molecular weight excluding hydrogens is 147 g/mol. The maximum atomic E-state index is 11.9. The molecule has 1 aliphatic heterocycles. The fourth-order valence-electron chi connectivity index (χ4n) is 1.29. The van der Waals surface area contributed by atoms with Gasteiger partial charge in [-0.2, -0.15) is 0 Å². The third kappa shape index (κ3) is 1.99. The van der Waals surface area contributed by atoms with Crippen LogP contribution in [-0.4, -0.2) is 24.2 Å². The number of hydrogen-bond donors (Lipinski definition) is 0. The molecule has 11 heavy (non-hydrogen) atoms. The maximum absolute atomic E-state index is 11.9. The van der Waals surface area contributed by atoms with Crippen molar-refractivity contribution in [3.63, 3.8) is 0 Å². The van der Waals surface area contributed by atoms with Gasteiger partial charge in [0.2, 0.25) is 0 Å². The highest BCUT2D eigenvalue weighted by Gasteiger charge is 2.35. The Balaban J connectivity index is 2.48. The van der Waals surface area contributed by atoms with Gasteiger partial charge in [0.05, 0.1) is 5.60 Å². The molecule has 64 valence electrons. The Bertz CT molecular complexity index is 165. The van der Waals surface area contributed by atoms with Crippen LogP contribution in [0.25, 0.3) is 0 Å². The average Bonchev–Trinajstić information content (AvgIpc) is 2.29. The van der Waals surface area contributed by atoms with Gasteiger partial charge in [0.25, 0.3) is 0 Å². The minimum atomic E-state index is -0.902. The first-order chi connectivity index (χ1) is 5.05. The summed E-state index contributed by atoms with van der Waals surface area (Å²) in [7, 11) is 0. The van der Waals surface area contributed by atoms with E-state index in [0.717, 1.165) is 6.42 Å². The van der Waals surface area contributed by atoms with Gasteiger partial charge >= 0.3 is 0 Å². The quantitative estimate of drug-likeness (QED) is 0.611. The van der Waals surface area contributed by atoms with Crippen LogP contribution >= 0.6 is 0 Å². The molecule has 0 radical (unpaired) electrons. The Morgan fingerprint density at radius 3 is 2.73 bits per heavy atom. The maximum Gasteiger partial charge on any atom is 0.192 e. The van der Waals surface area contributed by atoms with Gasteiger partial charge in [-0.1, -0.05) is 0 Å². The molecule has 0 aromatic heterocycles. The first-order valence-corrected chi connectivity index (χ1v) is 3.82. The molecule has 1 aliphatic rings. The SMILES string of the molecule is CC1(C)CCC(C(=O)CF)O1. The fourth-order valence-corrected chi connectivity index (χ4v) is 1.29. The first kappa shape index (κ1) is 8.65. The number of alkyl halides is 1. The van der Waals surface area contributed by atoms with E-state index >= 15 is 0 Å². The molecule has 0 aromatic carbocycles. The van der Waals surface area contributed by atoms with Crippen molar-refractivity contribution < 1.29 is 13.9 Å². The molecule has 1 rings (SSSR count). The van der Waals surface area contributed by atoms with Crippen molar-refractivity contribution in [2.24, 2.45) is 0 Å². The molecule has 3 heteroatoms. The Hall–Kier alpha value is -0.440. The van der Waals surface area contributed by atoms with Crippen molar-refractivity contribution >= 4 is 5.78 Å². The lowest BCUT2D eigenvalue weighted by molar-refractivity contribution is -0.133. The molecule has 1 heterocycles. The van der Waals surface area contributed by atoms with Crippen LogP contribution < -0.4 is 0 Å². The monoisotopic (exact) mass is 160 g/mol. The van der Waals surface area contributed by atoms with E-state index in [1.165, 1.54) is 0 Å². The number of ether oxygens (including phenoxy) is 1. The van der Waals surface area contributed by atoms with Crippen LogP contribution in [0.5, 0.6) is 0 Å². The van der Waals surface area contributed by atoms with Crippen LogP contribution in [0.2, 0.25) is 0 Å². The van der Waals surface area contributed by atoms with Crippen molar-refractivity contribution in [1.29, 1.82) is 0 Å². The van der Waals surface area contributed by atoms with Gasteiger partial charge in [-0.05, 0) is 26.7 Å². The lowest BCUT2D eigenvalue weighted by atomic mass is 10.0. The van der Waals surface area contributed by atoms with Crippen LogP contribution in [0.3, 0.4) is 0 Å². The first-order valence-electron chi connectivity index (χ1n) is 3.82. The largest absolute Gasteiger partial charge is 0.364 e. The molecular formula is C8H13FO2.